The summed E-state index contributed by atoms with van der Waals surface area (Å²) in [6, 6.07) is 4.30. The maximum absolute atomic E-state index is 10.9. The molecule has 82 valence electrons. The molecule has 0 aliphatic carbocycles. The number of carbonyl (C=O) groups is 1. The number of primary amides is 1. The van der Waals surface area contributed by atoms with Gasteiger partial charge in [0.1, 0.15) is 0 Å². The summed E-state index contributed by atoms with van der Waals surface area (Å²) in [7, 11) is 0. The molecule has 0 saturated heterocycles. The molecule has 2 heteroatoms. The Labute approximate surface area is 91.5 Å². The minimum Gasteiger partial charge on any atom is -0.369 e. The van der Waals surface area contributed by atoms with Crippen LogP contribution in [-0.4, -0.2) is 5.91 Å². The standard InChI is InChI=1S/C13H19NO/c1-8(2)11-5-9(3)12(7-13(14)15)10(4)6-11/h5-6,8H,7H2,1-4H3,(H2,14,15). The fourth-order valence-corrected chi connectivity index (χ4v) is 1.81. The average Bonchev–Trinajstić information content (AvgIpc) is 2.10. The van der Waals surface area contributed by atoms with Crippen LogP contribution in [0.25, 0.3) is 0 Å². The van der Waals surface area contributed by atoms with Crippen LogP contribution < -0.4 is 5.73 Å². The van der Waals surface area contributed by atoms with Gasteiger partial charge >= 0.3 is 0 Å². The molecule has 0 aliphatic rings. The largest absolute Gasteiger partial charge is 0.369 e. The van der Waals surface area contributed by atoms with Crippen LogP contribution in [0.5, 0.6) is 0 Å². The topological polar surface area (TPSA) is 43.1 Å². The first-order valence-corrected chi connectivity index (χ1v) is 5.30. The van der Waals surface area contributed by atoms with Crippen molar-refractivity contribution >= 4 is 5.91 Å². The van der Waals surface area contributed by atoms with E-state index in [2.05, 4.69) is 26.0 Å². The molecular formula is C13H19NO. The number of hydrogen-bond acceptors (Lipinski definition) is 1. The van der Waals surface area contributed by atoms with Gasteiger partial charge in [0.15, 0.2) is 0 Å². The van der Waals surface area contributed by atoms with Crippen LogP contribution in [0.1, 0.15) is 42.0 Å². The molecule has 0 atom stereocenters. The zero-order valence-corrected chi connectivity index (χ0v) is 9.92. The molecule has 0 unspecified atom stereocenters. The number of amides is 1. The summed E-state index contributed by atoms with van der Waals surface area (Å²) in [6.45, 7) is 8.41. The van der Waals surface area contributed by atoms with Crippen LogP contribution in [0.2, 0.25) is 0 Å². The molecule has 0 saturated carbocycles. The lowest BCUT2D eigenvalue weighted by molar-refractivity contribution is -0.117. The Kier molecular flexibility index (Phi) is 3.51. The molecule has 1 amide bonds. The molecule has 0 spiro atoms. The number of hydrogen-bond donors (Lipinski definition) is 1. The first kappa shape index (κ1) is 11.8. The van der Waals surface area contributed by atoms with E-state index >= 15 is 0 Å². The van der Waals surface area contributed by atoms with E-state index in [1.54, 1.807) is 0 Å². The van der Waals surface area contributed by atoms with E-state index in [0.717, 1.165) is 16.7 Å². The maximum atomic E-state index is 10.9. The maximum Gasteiger partial charge on any atom is 0.221 e. The van der Waals surface area contributed by atoms with E-state index in [1.807, 2.05) is 13.8 Å². The quantitative estimate of drug-likeness (QED) is 0.809. The third kappa shape index (κ3) is 2.82. The van der Waals surface area contributed by atoms with Crippen molar-refractivity contribution in [2.24, 2.45) is 5.73 Å². The summed E-state index contributed by atoms with van der Waals surface area (Å²) in [5, 5.41) is 0. The highest BCUT2D eigenvalue weighted by molar-refractivity contribution is 5.77. The monoisotopic (exact) mass is 205 g/mol. The van der Waals surface area contributed by atoms with Gasteiger partial charge in [-0.1, -0.05) is 26.0 Å². The van der Waals surface area contributed by atoms with Gasteiger partial charge < -0.3 is 5.73 Å². The van der Waals surface area contributed by atoms with Gasteiger partial charge in [0.05, 0.1) is 6.42 Å². The van der Waals surface area contributed by atoms with Crippen LogP contribution >= 0.6 is 0 Å². The third-order valence-electron chi connectivity index (χ3n) is 2.74. The minimum absolute atomic E-state index is 0.265. The Morgan fingerprint density at radius 3 is 2.07 bits per heavy atom. The van der Waals surface area contributed by atoms with Gasteiger partial charge in [-0.2, -0.15) is 0 Å². The highest BCUT2D eigenvalue weighted by Gasteiger charge is 2.09. The second-order valence-corrected chi connectivity index (χ2v) is 4.43. The molecule has 1 rings (SSSR count). The molecule has 0 heterocycles. The summed E-state index contributed by atoms with van der Waals surface area (Å²) in [6.07, 6.45) is 0.343. The van der Waals surface area contributed by atoms with Gasteiger partial charge in [0.2, 0.25) is 5.91 Å². The summed E-state index contributed by atoms with van der Waals surface area (Å²) in [4.78, 5) is 10.9. The Hall–Kier alpha value is -1.31. The van der Waals surface area contributed by atoms with Crippen molar-refractivity contribution < 1.29 is 4.79 Å². The van der Waals surface area contributed by atoms with Gasteiger partial charge in [-0.3, -0.25) is 4.79 Å². The number of aryl methyl sites for hydroxylation is 2. The van der Waals surface area contributed by atoms with E-state index in [0.29, 0.717) is 12.3 Å². The summed E-state index contributed by atoms with van der Waals surface area (Å²) >= 11 is 0. The van der Waals surface area contributed by atoms with Crippen LogP contribution in [-0.2, 0) is 11.2 Å². The second kappa shape index (κ2) is 4.47. The van der Waals surface area contributed by atoms with Crippen LogP contribution in [0, 0.1) is 13.8 Å². The highest BCUT2D eigenvalue weighted by Crippen LogP contribution is 2.22. The fraction of sp³-hybridized carbons (Fsp3) is 0.462. The predicted molar refractivity (Wildman–Crippen MR) is 62.9 cm³/mol. The number of rotatable bonds is 3. The molecular weight excluding hydrogens is 186 g/mol. The van der Waals surface area contributed by atoms with Gasteiger partial charge in [-0.15, -0.1) is 0 Å². The van der Waals surface area contributed by atoms with Crippen molar-refractivity contribution in [1.82, 2.24) is 0 Å². The Morgan fingerprint density at radius 1 is 1.27 bits per heavy atom. The van der Waals surface area contributed by atoms with Crippen LogP contribution in [0.15, 0.2) is 12.1 Å². The first-order chi connectivity index (χ1) is 6.91. The Balaban J connectivity index is 3.15. The van der Waals surface area contributed by atoms with Gasteiger partial charge in [-0.25, -0.2) is 0 Å². The summed E-state index contributed by atoms with van der Waals surface area (Å²) < 4.78 is 0. The average molecular weight is 205 g/mol. The van der Waals surface area contributed by atoms with E-state index in [9.17, 15) is 4.79 Å². The SMILES string of the molecule is Cc1cc(C(C)C)cc(C)c1CC(N)=O. The molecule has 0 fully saturated rings. The molecule has 1 aromatic rings. The van der Waals surface area contributed by atoms with Crippen molar-refractivity contribution in [1.29, 1.82) is 0 Å². The predicted octanol–water partition coefficient (Wildman–Crippen LogP) is 2.45. The smallest absolute Gasteiger partial charge is 0.221 e. The fourth-order valence-electron chi connectivity index (χ4n) is 1.81. The number of carbonyl (C=O) groups excluding carboxylic acids is 1. The van der Waals surface area contributed by atoms with Crippen molar-refractivity contribution in [3.05, 3.63) is 34.4 Å². The lowest BCUT2D eigenvalue weighted by atomic mass is 9.92. The molecule has 15 heavy (non-hydrogen) atoms. The van der Waals surface area contributed by atoms with E-state index in [4.69, 9.17) is 5.73 Å². The van der Waals surface area contributed by atoms with Crippen molar-refractivity contribution in [3.8, 4) is 0 Å². The van der Waals surface area contributed by atoms with Gasteiger partial charge in [-0.05, 0) is 42.0 Å². The number of nitrogens with two attached hydrogens (primary N) is 1. The molecule has 0 radical (unpaired) electrons. The minimum atomic E-state index is -0.265. The molecule has 0 bridgehead atoms. The molecule has 0 aromatic heterocycles. The molecule has 0 aliphatic heterocycles. The zero-order valence-electron chi connectivity index (χ0n) is 9.92. The van der Waals surface area contributed by atoms with Crippen molar-refractivity contribution in [3.63, 3.8) is 0 Å². The summed E-state index contributed by atoms with van der Waals surface area (Å²) in [5.41, 5.74) is 9.94. The zero-order chi connectivity index (χ0) is 11.6. The van der Waals surface area contributed by atoms with Gasteiger partial charge in [0.25, 0.3) is 0 Å². The molecule has 1 aromatic carbocycles. The van der Waals surface area contributed by atoms with E-state index in [-0.39, 0.29) is 5.91 Å². The lowest BCUT2D eigenvalue weighted by Gasteiger charge is -2.13. The van der Waals surface area contributed by atoms with Crippen molar-refractivity contribution in [2.75, 3.05) is 0 Å². The van der Waals surface area contributed by atoms with Gasteiger partial charge in [0, 0.05) is 0 Å². The number of benzene rings is 1. The normalized spacial score (nSPS) is 10.7. The second-order valence-electron chi connectivity index (χ2n) is 4.43. The Morgan fingerprint density at radius 2 is 1.73 bits per heavy atom. The van der Waals surface area contributed by atoms with Crippen molar-refractivity contribution in [2.45, 2.75) is 40.0 Å². The highest BCUT2D eigenvalue weighted by atomic mass is 16.1. The lowest BCUT2D eigenvalue weighted by Crippen LogP contribution is -2.15. The van der Waals surface area contributed by atoms with Crippen LogP contribution in [0.3, 0.4) is 0 Å². The molecule has 2 nitrogen and oxygen atoms in total. The van der Waals surface area contributed by atoms with E-state index < -0.39 is 0 Å². The summed E-state index contributed by atoms with van der Waals surface area (Å²) in [5.74, 6) is 0.253. The molecule has 2 N–H and O–H groups in total. The first-order valence-electron chi connectivity index (χ1n) is 5.30. The van der Waals surface area contributed by atoms with Crippen LogP contribution in [0.4, 0.5) is 0 Å². The van der Waals surface area contributed by atoms with E-state index in [1.165, 1.54) is 5.56 Å². The third-order valence-corrected chi connectivity index (χ3v) is 2.74. The Bertz CT molecular complexity index is 357.